The molecule has 0 bridgehead atoms. The van der Waals surface area contributed by atoms with E-state index in [1.807, 2.05) is 20.0 Å². The number of nitrogens with zero attached hydrogens (tertiary/aromatic N) is 1. The molecule has 2 aromatic carbocycles. The summed E-state index contributed by atoms with van der Waals surface area (Å²) in [4.78, 5) is 12.1. The number of carbonyl (C=O) groups is 1. The van der Waals surface area contributed by atoms with Crippen LogP contribution in [0.4, 0.5) is 24.5 Å². The zero-order valence-electron chi connectivity index (χ0n) is 23.0. The molecule has 10 heteroatoms. The third-order valence-electron chi connectivity index (χ3n) is 7.16. The SMILES string of the molecule is CCNC(=O)c1ccc(NCC#Cc2cc3c(N[C@H]4CC[C@H](NC)CC4)cccc3n2CC(F)(F)F)c(OC)c1. The quantitative estimate of drug-likeness (QED) is 0.267. The van der Waals surface area contributed by atoms with Gasteiger partial charge in [-0.2, -0.15) is 13.2 Å². The zero-order valence-corrected chi connectivity index (χ0v) is 23.0. The normalized spacial score (nSPS) is 17.1. The summed E-state index contributed by atoms with van der Waals surface area (Å²) in [7, 11) is 3.47. The minimum atomic E-state index is -4.39. The highest BCUT2D eigenvalue weighted by Gasteiger charge is 2.30. The summed E-state index contributed by atoms with van der Waals surface area (Å²) in [5.74, 6) is 6.14. The molecule has 1 fully saturated rings. The summed E-state index contributed by atoms with van der Waals surface area (Å²) < 4.78 is 47.3. The van der Waals surface area contributed by atoms with Crippen molar-refractivity contribution in [3.63, 3.8) is 0 Å². The summed E-state index contributed by atoms with van der Waals surface area (Å²) in [5.41, 5.74) is 2.70. The molecule has 0 unspecified atom stereocenters. The topological polar surface area (TPSA) is 79.4 Å². The number of aromatic nitrogens is 1. The van der Waals surface area contributed by atoms with Crippen molar-refractivity contribution in [3.05, 3.63) is 53.7 Å². The number of rotatable bonds is 9. The molecule has 0 saturated heterocycles. The van der Waals surface area contributed by atoms with E-state index in [2.05, 4.69) is 33.1 Å². The predicted octanol–water partition coefficient (Wildman–Crippen LogP) is 5.37. The minimum absolute atomic E-state index is 0.171. The van der Waals surface area contributed by atoms with Crippen LogP contribution in [-0.4, -0.2) is 56.0 Å². The number of nitrogens with one attached hydrogen (secondary N) is 4. The highest BCUT2D eigenvalue weighted by Crippen LogP contribution is 2.32. The van der Waals surface area contributed by atoms with Gasteiger partial charge in [0.2, 0.25) is 0 Å². The Morgan fingerprint density at radius 3 is 2.50 bits per heavy atom. The fourth-order valence-corrected chi connectivity index (χ4v) is 5.13. The maximum absolute atomic E-state index is 13.6. The third kappa shape index (κ3) is 7.21. The van der Waals surface area contributed by atoms with Crippen LogP contribution >= 0.6 is 0 Å². The van der Waals surface area contributed by atoms with E-state index < -0.39 is 12.7 Å². The van der Waals surface area contributed by atoms with Crippen LogP contribution < -0.4 is 26.0 Å². The molecule has 214 valence electrons. The van der Waals surface area contributed by atoms with E-state index in [9.17, 15) is 18.0 Å². The number of anilines is 2. The highest BCUT2D eigenvalue weighted by molar-refractivity contribution is 5.95. The fraction of sp³-hybridized carbons (Fsp3) is 0.433. The van der Waals surface area contributed by atoms with Crippen LogP contribution in [0.15, 0.2) is 42.5 Å². The number of fused-ring (bicyclic) bond motifs is 1. The van der Waals surface area contributed by atoms with E-state index >= 15 is 0 Å². The first-order valence-corrected chi connectivity index (χ1v) is 13.5. The van der Waals surface area contributed by atoms with E-state index in [1.54, 1.807) is 36.4 Å². The number of hydrogen-bond donors (Lipinski definition) is 4. The number of benzene rings is 2. The van der Waals surface area contributed by atoms with Gasteiger partial charge in [0, 0.05) is 35.3 Å². The van der Waals surface area contributed by atoms with Gasteiger partial charge in [0.05, 0.1) is 30.6 Å². The molecular weight excluding hydrogens is 519 g/mol. The van der Waals surface area contributed by atoms with Gasteiger partial charge in [-0.3, -0.25) is 4.79 Å². The van der Waals surface area contributed by atoms with Crippen molar-refractivity contribution < 1.29 is 22.7 Å². The van der Waals surface area contributed by atoms with Crippen LogP contribution in [0.5, 0.6) is 5.75 Å². The van der Waals surface area contributed by atoms with Crippen molar-refractivity contribution in [2.24, 2.45) is 0 Å². The molecule has 7 nitrogen and oxygen atoms in total. The Morgan fingerprint density at radius 1 is 1.07 bits per heavy atom. The smallest absolute Gasteiger partial charge is 0.406 e. The molecule has 1 aromatic heterocycles. The van der Waals surface area contributed by atoms with Crippen LogP contribution in [0.1, 0.15) is 48.7 Å². The summed E-state index contributed by atoms with van der Waals surface area (Å²) >= 11 is 0. The summed E-state index contributed by atoms with van der Waals surface area (Å²) in [6, 6.07) is 12.9. The summed E-state index contributed by atoms with van der Waals surface area (Å²) in [6.45, 7) is 1.40. The van der Waals surface area contributed by atoms with Crippen LogP contribution in [0.2, 0.25) is 0 Å². The average Bonchev–Trinajstić information content (AvgIpc) is 3.28. The van der Waals surface area contributed by atoms with E-state index in [1.165, 1.54) is 11.7 Å². The van der Waals surface area contributed by atoms with Crippen molar-refractivity contribution in [3.8, 4) is 17.6 Å². The Morgan fingerprint density at radius 2 is 1.82 bits per heavy atom. The minimum Gasteiger partial charge on any atom is -0.495 e. The molecule has 1 amide bonds. The number of halogens is 3. The number of amides is 1. The van der Waals surface area contributed by atoms with Crippen molar-refractivity contribution in [1.29, 1.82) is 0 Å². The second-order valence-corrected chi connectivity index (χ2v) is 9.88. The van der Waals surface area contributed by atoms with Crippen molar-refractivity contribution >= 4 is 28.2 Å². The van der Waals surface area contributed by atoms with Gasteiger partial charge in [0.15, 0.2) is 0 Å². The lowest BCUT2D eigenvalue weighted by atomic mass is 9.91. The molecule has 0 aliphatic heterocycles. The van der Waals surface area contributed by atoms with Crippen molar-refractivity contribution in [1.82, 2.24) is 15.2 Å². The van der Waals surface area contributed by atoms with Gasteiger partial charge in [0.25, 0.3) is 5.91 Å². The van der Waals surface area contributed by atoms with Gasteiger partial charge in [-0.1, -0.05) is 12.0 Å². The first-order chi connectivity index (χ1) is 19.2. The van der Waals surface area contributed by atoms with E-state index in [0.717, 1.165) is 36.8 Å². The highest BCUT2D eigenvalue weighted by atomic mass is 19.4. The molecule has 1 heterocycles. The monoisotopic (exact) mass is 555 g/mol. The van der Waals surface area contributed by atoms with Gasteiger partial charge in [-0.05, 0) is 82.0 Å². The van der Waals surface area contributed by atoms with Crippen LogP contribution in [0.25, 0.3) is 10.9 Å². The first-order valence-electron chi connectivity index (χ1n) is 13.5. The molecule has 0 spiro atoms. The van der Waals surface area contributed by atoms with Gasteiger partial charge >= 0.3 is 6.18 Å². The standard InChI is InChI=1S/C30H36F3N5O2/c1-4-35-29(39)20-10-15-26(28(17-20)40-3)36-16-6-7-23-18-24-25(37-22-13-11-21(34-2)12-14-22)8-5-9-27(24)38(23)19-30(31,32)33/h5,8-10,15,17-18,21-22,34,36-37H,4,11-14,16,19H2,1-3H3,(H,35,39)/t21-,22-. The third-order valence-corrected chi connectivity index (χ3v) is 7.16. The van der Waals surface area contributed by atoms with Crippen LogP contribution in [0.3, 0.4) is 0 Å². The zero-order chi connectivity index (χ0) is 28.7. The maximum Gasteiger partial charge on any atom is 0.406 e. The number of hydrogen-bond acceptors (Lipinski definition) is 5. The molecule has 4 rings (SSSR count). The summed E-state index contributed by atoms with van der Waals surface area (Å²) in [5, 5.41) is 13.5. The number of methoxy groups -OCH3 is 1. The molecule has 0 radical (unpaired) electrons. The molecule has 4 N–H and O–H groups in total. The maximum atomic E-state index is 13.6. The number of carbonyl (C=O) groups excluding carboxylic acids is 1. The molecule has 1 aliphatic rings. The Kier molecular flexibility index (Phi) is 9.48. The van der Waals surface area contributed by atoms with Gasteiger partial charge in [0.1, 0.15) is 12.3 Å². The molecular formula is C30H36F3N5O2. The summed E-state index contributed by atoms with van der Waals surface area (Å²) in [6.07, 6.45) is -0.284. The first kappa shape index (κ1) is 29.2. The second-order valence-electron chi connectivity index (χ2n) is 9.88. The molecule has 1 aliphatic carbocycles. The molecule has 0 atom stereocenters. The van der Waals surface area contributed by atoms with E-state index in [0.29, 0.717) is 40.8 Å². The number of alkyl halides is 3. The van der Waals surface area contributed by atoms with E-state index in [4.69, 9.17) is 4.74 Å². The Bertz CT molecular complexity index is 1380. The van der Waals surface area contributed by atoms with Crippen molar-refractivity contribution in [2.75, 3.05) is 37.9 Å². The molecule has 40 heavy (non-hydrogen) atoms. The second kappa shape index (κ2) is 13.0. The molecule has 3 aromatic rings. The van der Waals surface area contributed by atoms with Crippen molar-refractivity contribution in [2.45, 2.75) is 57.4 Å². The largest absolute Gasteiger partial charge is 0.495 e. The van der Waals surface area contributed by atoms with Gasteiger partial charge < -0.3 is 30.6 Å². The lowest BCUT2D eigenvalue weighted by molar-refractivity contribution is -0.140. The van der Waals surface area contributed by atoms with Gasteiger partial charge in [-0.25, -0.2) is 0 Å². The predicted molar refractivity (Wildman–Crippen MR) is 153 cm³/mol. The molecule has 1 saturated carbocycles. The van der Waals surface area contributed by atoms with Gasteiger partial charge in [-0.15, -0.1) is 0 Å². The number of ether oxygens (including phenoxy) is 1. The van der Waals surface area contributed by atoms with E-state index in [-0.39, 0.29) is 18.5 Å². The van der Waals surface area contributed by atoms with Crippen LogP contribution in [-0.2, 0) is 6.54 Å². The lowest BCUT2D eigenvalue weighted by Gasteiger charge is -2.29. The Balaban J connectivity index is 1.55. The average molecular weight is 556 g/mol. The Labute approximate surface area is 232 Å². The fourth-order valence-electron chi connectivity index (χ4n) is 5.13. The van der Waals surface area contributed by atoms with Crippen LogP contribution in [0, 0.1) is 11.8 Å². The lowest BCUT2D eigenvalue weighted by Crippen LogP contribution is -2.34. The Hall–Kier alpha value is -3.84.